The van der Waals surface area contributed by atoms with Gasteiger partial charge in [-0.05, 0) is 57.3 Å². The second-order valence-corrected chi connectivity index (χ2v) is 8.09. The average molecular weight is 356 g/mol. The van der Waals surface area contributed by atoms with Gasteiger partial charge in [0.15, 0.2) is 11.5 Å². The highest BCUT2D eigenvalue weighted by Gasteiger charge is 2.33. The summed E-state index contributed by atoms with van der Waals surface area (Å²) in [5.41, 5.74) is 0.842. The van der Waals surface area contributed by atoms with Crippen molar-refractivity contribution >= 4 is 11.5 Å². The summed E-state index contributed by atoms with van der Waals surface area (Å²) in [5, 5.41) is 24.0. The Bertz CT molecular complexity index is 764. The van der Waals surface area contributed by atoms with E-state index >= 15 is 0 Å². The highest BCUT2D eigenvalue weighted by Crippen LogP contribution is 2.31. The minimum Gasteiger partial charge on any atom is -0.391 e. The zero-order chi connectivity index (χ0) is 17.5. The lowest BCUT2D eigenvalue weighted by molar-refractivity contribution is 0.00826. The second-order valence-electron chi connectivity index (χ2n) is 8.09. The molecule has 1 saturated carbocycles. The first kappa shape index (κ1) is 16.4. The van der Waals surface area contributed by atoms with Crippen molar-refractivity contribution < 1.29 is 5.11 Å². The van der Waals surface area contributed by atoms with E-state index in [1.807, 2.05) is 10.6 Å². The molecule has 1 N–H and O–H groups in total. The minimum absolute atomic E-state index is 0.144. The number of likely N-dealkylation sites (tertiary alicyclic amines) is 1. The molecule has 0 aromatic carbocycles. The smallest absolute Gasteiger partial charge is 0.178 e. The Balaban J connectivity index is 1.31. The summed E-state index contributed by atoms with van der Waals surface area (Å²) in [7, 11) is 0. The number of anilines is 1. The summed E-state index contributed by atoms with van der Waals surface area (Å²) in [6.45, 7) is 4.26. The number of aromatic nitrogens is 4. The van der Waals surface area contributed by atoms with Crippen LogP contribution in [0.2, 0.25) is 0 Å². The fraction of sp³-hybridized carbons (Fsp3) is 0.737. The maximum Gasteiger partial charge on any atom is 0.178 e. The van der Waals surface area contributed by atoms with E-state index in [9.17, 15) is 5.11 Å². The highest BCUT2D eigenvalue weighted by atomic mass is 16.3. The van der Waals surface area contributed by atoms with Crippen LogP contribution in [0.4, 0.5) is 5.82 Å². The predicted molar refractivity (Wildman–Crippen MR) is 99.4 cm³/mol. The molecular formula is C19H28N6O. The number of rotatable bonds is 3. The van der Waals surface area contributed by atoms with Gasteiger partial charge in [-0.3, -0.25) is 4.90 Å². The molecule has 4 heterocycles. The van der Waals surface area contributed by atoms with Crippen molar-refractivity contribution in [3.63, 3.8) is 0 Å². The summed E-state index contributed by atoms with van der Waals surface area (Å²) < 4.78 is 1.96. The van der Waals surface area contributed by atoms with Crippen LogP contribution in [0, 0.1) is 0 Å². The molecular weight excluding hydrogens is 328 g/mol. The zero-order valence-corrected chi connectivity index (χ0v) is 15.3. The molecule has 3 aliphatic rings. The molecule has 0 amide bonds. The molecule has 3 fully saturated rings. The summed E-state index contributed by atoms with van der Waals surface area (Å²) in [5.74, 6) is 2.44. The third kappa shape index (κ3) is 2.87. The fourth-order valence-corrected chi connectivity index (χ4v) is 4.77. The first-order chi connectivity index (χ1) is 12.8. The van der Waals surface area contributed by atoms with Crippen LogP contribution in [-0.2, 0) is 0 Å². The molecule has 2 aliphatic heterocycles. The van der Waals surface area contributed by atoms with Gasteiger partial charge in [0.1, 0.15) is 5.82 Å². The Kier molecular flexibility index (Phi) is 4.29. The van der Waals surface area contributed by atoms with E-state index in [-0.39, 0.29) is 6.10 Å². The van der Waals surface area contributed by atoms with E-state index in [1.54, 1.807) is 0 Å². The van der Waals surface area contributed by atoms with E-state index in [1.165, 1.54) is 19.3 Å². The first-order valence-corrected chi connectivity index (χ1v) is 10.2. The van der Waals surface area contributed by atoms with Gasteiger partial charge in [-0.1, -0.05) is 12.8 Å². The Morgan fingerprint density at radius 3 is 2.42 bits per heavy atom. The molecule has 0 bridgehead atoms. The number of aliphatic hydroxyl groups is 1. The van der Waals surface area contributed by atoms with Gasteiger partial charge >= 0.3 is 0 Å². The molecule has 2 aromatic heterocycles. The quantitative estimate of drug-likeness (QED) is 0.905. The molecule has 26 heavy (non-hydrogen) atoms. The van der Waals surface area contributed by atoms with Crippen LogP contribution in [-0.4, -0.2) is 68.1 Å². The number of fused-ring (bicyclic) bond motifs is 1. The lowest BCUT2D eigenvalue weighted by Gasteiger charge is -2.41. The summed E-state index contributed by atoms with van der Waals surface area (Å²) in [6, 6.07) is 4.45. The van der Waals surface area contributed by atoms with Crippen LogP contribution in [0.1, 0.15) is 56.7 Å². The number of hydrogen-bond donors (Lipinski definition) is 1. The minimum atomic E-state index is -0.144. The van der Waals surface area contributed by atoms with Crippen LogP contribution in [0.15, 0.2) is 12.1 Å². The van der Waals surface area contributed by atoms with Crippen LogP contribution < -0.4 is 4.90 Å². The van der Waals surface area contributed by atoms with Crippen molar-refractivity contribution in [1.29, 1.82) is 0 Å². The second kappa shape index (κ2) is 6.78. The van der Waals surface area contributed by atoms with Gasteiger partial charge in [-0.2, -0.15) is 4.52 Å². The van der Waals surface area contributed by atoms with Crippen LogP contribution in [0.25, 0.3) is 5.65 Å². The monoisotopic (exact) mass is 356 g/mol. The normalized spacial score (nSPS) is 28.4. The molecule has 1 aliphatic carbocycles. The van der Waals surface area contributed by atoms with Crippen molar-refractivity contribution in [2.45, 2.75) is 63.0 Å². The number of aliphatic hydroxyl groups excluding tert-OH is 1. The maximum atomic E-state index is 10.3. The van der Waals surface area contributed by atoms with Gasteiger partial charge in [0, 0.05) is 25.0 Å². The van der Waals surface area contributed by atoms with Crippen molar-refractivity contribution in [1.82, 2.24) is 24.7 Å². The molecule has 2 saturated heterocycles. The van der Waals surface area contributed by atoms with Gasteiger partial charge in [0.25, 0.3) is 0 Å². The molecule has 2 unspecified atom stereocenters. The first-order valence-electron chi connectivity index (χ1n) is 10.2. The predicted octanol–water partition coefficient (Wildman–Crippen LogP) is 1.82. The van der Waals surface area contributed by atoms with Crippen molar-refractivity contribution in [2.75, 3.05) is 31.1 Å². The van der Waals surface area contributed by atoms with Gasteiger partial charge in [-0.25, -0.2) is 0 Å². The largest absolute Gasteiger partial charge is 0.391 e. The zero-order valence-electron chi connectivity index (χ0n) is 15.3. The van der Waals surface area contributed by atoms with E-state index < -0.39 is 0 Å². The molecule has 7 heteroatoms. The number of piperidine rings is 1. The van der Waals surface area contributed by atoms with Crippen LogP contribution in [0.3, 0.4) is 0 Å². The molecule has 2 aromatic rings. The molecule has 0 spiro atoms. The lowest BCUT2D eigenvalue weighted by Crippen LogP contribution is -2.48. The SMILES string of the molecule is OC1CCCCC1N1CCC(c2nnc3ccc(N4CCC4)nn23)CC1. The maximum absolute atomic E-state index is 10.3. The number of nitrogens with zero attached hydrogens (tertiary/aromatic N) is 6. The van der Waals surface area contributed by atoms with E-state index in [2.05, 4.69) is 26.1 Å². The van der Waals surface area contributed by atoms with Gasteiger partial charge in [0.2, 0.25) is 0 Å². The Morgan fingerprint density at radius 1 is 0.885 bits per heavy atom. The van der Waals surface area contributed by atoms with Crippen molar-refractivity contribution in [3.8, 4) is 0 Å². The fourth-order valence-electron chi connectivity index (χ4n) is 4.77. The van der Waals surface area contributed by atoms with Gasteiger partial charge in [0.05, 0.1) is 6.10 Å². The van der Waals surface area contributed by atoms with Crippen molar-refractivity contribution in [2.24, 2.45) is 0 Å². The van der Waals surface area contributed by atoms with E-state index in [0.29, 0.717) is 12.0 Å². The summed E-state index contributed by atoms with van der Waals surface area (Å²) in [6.07, 6.45) is 7.77. The Labute approximate surface area is 154 Å². The van der Waals surface area contributed by atoms with E-state index in [4.69, 9.17) is 5.10 Å². The molecule has 7 nitrogen and oxygen atoms in total. The summed E-state index contributed by atoms with van der Waals surface area (Å²) in [4.78, 5) is 4.80. The lowest BCUT2D eigenvalue weighted by atomic mass is 9.88. The molecule has 2 atom stereocenters. The Hall–Kier alpha value is -1.73. The number of hydrogen-bond acceptors (Lipinski definition) is 6. The third-order valence-electron chi connectivity index (χ3n) is 6.51. The summed E-state index contributed by atoms with van der Waals surface area (Å²) >= 11 is 0. The average Bonchev–Trinajstić information content (AvgIpc) is 3.04. The molecule has 140 valence electrons. The Morgan fingerprint density at radius 2 is 1.69 bits per heavy atom. The standard InChI is InChI=1S/C19H28N6O/c26-16-5-2-1-4-15(16)23-12-8-14(9-13-23)19-21-20-17-6-7-18(22-25(17)19)24-10-3-11-24/h6-7,14-16,26H,1-5,8-13H2. The topological polar surface area (TPSA) is 69.8 Å². The van der Waals surface area contributed by atoms with Gasteiger partial charge in [-0.15, -0.1) is 15.3 Å². The van der Waals surface area contributed by atoms with Gasteiger partial charge < -0.3 is 10.0 Å². The van der Waals surface area contributed by atoms with E-state index in [0.717, 1.165) is 69.2 Å². The van der Waals surface area contributed by atoms with Crippen LogP contribution >= 0.6 is 0 Å². The third-order valence-corrected chi connectivity index (χ3v) is 6.51. The molecule has 0 radical (unpaired) electrons. The van der Waals surface area contributed by atoms with Crippen molar-refractivity contribution in [3.05, 3.63) is 18.0 Å². The highest BCUT2D eigenvalue weighted by molar-refractivity contribution is 5.47. The van der Waals surface area contributed by atoms with Crippen LogP contribution in [0.5, 0.6) is 0 Å². The molecule has 5 rings (SSSR count).